The summed E-state index contributed by atoms with van der Waals surface area (Å²) in [5, 5.41) is 7.28. The van der Waals surface area contributed by atoms with Crippen LogP contribution in [0.3, 0.4) is 0 Å². The predicted octanol–water partition coefficient (Wildman–Crippen LogP) is 0.912. The van der Waals surface area contributed by atoms with E-state index < -0.39 is 0 Å². The first-order valence-electron chi connectivity index (χ1n) is 6.38. The van der Waals surface area contributed by atoms with Gasteiger partial charge in [0.15, 0.2) is 0 Å². The minimum absolute atomic E-state index is 0.497. The van der Waals surface area contributed by atoms with Crippen LogP contribution in [-0.4, -0.2) is 30.5 Å². The van der Waals surface area contributed by atoms with Gasteiger partial charge in [0.05, 0.1) is 0 Å². The van der Waals surface area contributed by atoms with Gasteiger partial charge in [-0.05, 0) is 43.5 Å². The Balaban J connectivity index is 1.71. The van der Waals surface area contributed by atoms with Crippen LogP contribution in [0.1, 0.15) is 18.4 Å². The lowest BCUT2D eigenvalue weighted by Crippen LogP contribution is -2.29. The van der Waals surface area contributed by atoms with E-state index in [-0.39, 0.29) is 0 Å². The van der Waals surface area contributed by atoms with Gasteiger partial charge in [0.2, 0.25) is 0 Å². The van der Waals surface area contributed by atoms with Crippen molar-refractivity contribution >= 4 is 5.84 Å². The number of rotatable bonds is 5. The van der Waals surface area contributed by atoms with Crippen molar-refractivity contribution in [3.8, 4) is 0 Å². The molecule has 0 radical (unpaired) electrons. The van der Waals surface area contributed by atoms with Gasteiger partial charge in [-0.3, -0.25) is 4.98 Å². The van der Waals surface area contributed by atoms with Crippen molar-refractivity contribution in [3.63, 3.8) is 0 Å². The minimum atomic E-state index is 0.497. The number of aromatic nitrogens is 1. The van der Waals surface area contributed by atoms with Gasteiger partial charge in [0.1, 0.15) is 12.4 Å². The van der Waals surface area contributed by atoms with E-state index in [0.29, 0.717) is 24.8 Å². The second-order valence-corrected chi connectivity index (χ2v) is 4.61. The number of hydrogen-bond donors (Lipinski definition) is 2. The molecule has 5 heteroatoms. The van der Waals surface area contributed by atoms with Crippen molar-refractivity contribution in [1.82, 2.24) is 10.3 Å². The van der Waals surface area contributed by atoms with E-state index in [1.54, 1.807) is 12.4 Å². The smallest absolute Gasteiger partial charge is 0.143 e. The molecule has 1 fully saturated rings. The van der Waals surface area contributed by atoms with E-state index >= 15 is 0 Å². The van der Waals surface area contributed by atoms with Gasteiger partial charge >= 0.3 is 0 Å². The lowest BCUT2D eigenvalue weighted by atomic mass is 10.00. The van der Waals surface area contributed by atoms with Crippen molar-refractivity contribution in [1.29, 1.82) is 0 Å². The molecule has 0 bridgehead atoms. The molecule has 1 aromatic heterocycles. The molecule has 0 saturated carbocycles. The Hall–Kier alpha value is -1.62. The third kappa shape index (κ3) is 4.33. The Kier molecular flexibility index (Phi) is 4.96. The van der Waals surface area contributed by atoms with Gasteiger partial charge in [-0.1, -0.05) is 11.2 Å². The second-order valence-electron chi connectivity index (χ2n) is 4.61. The molecule has 5 nitrogen and oxygen atoms in total. The monoisotopic (exact) mass is 248 g/mol. The summed E-state index contributed by atoms with van der Waals surface area (Å²) in [6.07, 6.45) is 6.41. The molecule has 0 unspecified atom stereocenters. The first-order chi connectivity index (χ1) is 8.84. The predicted molar refractivity (Wildman–Crippen MR) is 71.1 cm³/mol. The van der Waals surface area contributed by atoms with Crippen LogP contribution < -0.4 is 11.1 Å². The molecule has 0 aromatic carbocycles. The van der Waals surface area contributed by atoms with Crippen LogP contribution in [0.15, 0.2) is 29.7 Å². The Bertz CT molecular complexity index is 374. The highest BCUT2D eigenvalue weighted by Crippen LogP contribution is 2.11. The highest BCUT2D eigenvalue weighted by Gasteiger charge is 2.13. The number of piperidine rings is 1. The number of oxime groups is 1. The van der Waals surface area contributed by atoms with Crippen LogP contribution in [0.5, 0.6) is 0 Å². The molecule has 1 aliphatic heterocycles. The second kappa shape index (κ2) is 6.96. The third-order valence-electron chi connectivity index (χ3n) is 3.06. The zero-order chi connectivity index (χ0) is 12.6. The van der Waals surface area contributed by atoms with Crippen LogP contribution in [0, 0.1) is 5.92 Å². The average Bonchev–Trinajstić information content (AvgIpc) is 2.41. The average molecular weight is 248 g/mol. The van der Waals surface area contributed by atoms with E-state index in [1.165, 1.54) is 0 Å². The van der Waals surface area contributed by atoms with Crippen LogP contribution in [0.2, 0.25) is 0 Å². The first kappa shape index (κ1) is 12.8. The van der Waals surface area contributed by atoms with Gasteiger partial charge in [0.25, 0.3) is 0 Å². The summed E-state index contributed by atoms with van der Waals surface area (Å²) >= 11 is 0. The van der Waals surface area contributed by atoms with Gasteiger partial charge in [-0.25, -0.2) is 0 Å². The maximum Gasteiger partial charge on any atom is 0.143 e. The van der Waals surface area contributed by atoms with E-state index in [4.69, 9.17) is 10.6 Å². The van der Waals surface area contributed by atoms with Crippen molar-refractivity contribution < 1.29 is 4.84 Å². The number of nitrogens with one attached hydrogen (secondary N) is 1. The minimum Gasteiger partial charge on any atom is -0.394 e. The Morgan fingerprint density at radius 2 is 2.33 bits per heavy atom. The Labute approximate surface area is 107 Å². The summed E-state index contributed by atoms with van der Waals surface area (Å²) in [4.78, 5) is 9.36. The molecule has 2 heterocycles. The third-order valence-corrected chi connectivity index (χ3v) is 3.06. The fraction of sp³-hybridized carbons (Fsp3) is 0.538. The fourth-order valence-electron chi connectivity index (χ4n) is 2.02. The van der Waals surface area contributed by atoms with Crippen LogP contribution in [-0.2, 0) is 11.3 Å². The molecule has 1 aromatic rings. The quantitative estimate of drug-likeness (QED) is 0.461. The fourth-order valence-corrected chi connectivity index (χ4v) is 2.02. The van der Waals surface area contributed by atoms with Crippen molar-refractivity contribution in [2.24, 2.45) is 16.8 Å². The highest BCUT2D eigenvalue weighted by atomic mass is 16.6. The number of nitrogens with two attached hydrogens (primary N) is 1. The van der Waals surface area contributed by atoms with Crippen molar-refractivity contribution in [2.45, 2.75) is 19.3 Å². The van der Waals surface area contributed by atoms with Gasteiger partial charge in [0, 0.05) is 18.8 Å². The maximum atomic E-state index is 5.81. The molecule has 3 N–H and O–H groups in total. The topological polar surface area (TPSA) is 72.5 Å². The standard InChI is InChI=1S/C13H20N4O/c14-13(8-12-2-1-5-16-9-12)17-18-10-11-3-6-15-7-4-11/h1-2,5,9,11,15H,3-4,6-8,10H2,(H2,14,17). The normalized spacial score (nSPS) is 17.7. The van der Waals surface area contributed by atoms with E-state index in [0.717, 1.165) is 31.5 Å². The van der Waals surface area contributed by atoms with E-state index in [9.17, 15) is 0 Å². The summed E-state index contributed by atoms with van der Waals surface area (Å²) in [7, 11) is 0. The largest absolute Gasteiger partial charge is 0.394 e. The van der Waals surface area contributed by atoms with Crippen LogP contribution in [0.25, 0.3) is 0 Å². The van der Waals surface area contributed by atoms with Gasteiger partial charge < -0.3 is 15.9 Å². The van der Waals surface area contributed by atoms with Crippen molar-refractivity contribution in [2.75, 3.05) is 19.7 Å². The molecular formula is C13H20N4O. The van der Waals surface area contributed by atoms with Crippen molar-refractivity contribution in [3.05, 3.63) is 30.1 Å². The summed E-state index contributed by atoms with van der Waals surface area (Å²) in [5.74, 6) is 1.10. The lowest BCUT2D eigenvalue weighted by molar-refractivity contribution is 0.0938. The molecule has 98 valence electrons. The highest BCUT2D eigenvalue weighted by molar-refractivity contribution is 5.81. The summed E-state index contributed by atoms with van der Waals surface area (Å²) in [6, 6.07) is 3.86. The zero-order valence-corrected chi connectivity index (χ0v) is 10.5. The molecule has 1 aliphatic rings. The van der Waals surface area contributed by atoms with E-state index in [1.807, 2.05) is 12.1 Å². The van der Waals surface area contributed by atoms with Gasteiger partial charge in [-0.2, -0.15) is 0 Å². The molecule has 0 atom stereocenters. The number of hydrogen-bond acceptors (Lipinski definition) is 4. The summed E-state index contributed by atoms with van der Waals surface area (Å²) in [5.41, 5.74) is 6.85. The first-order valence-corrected chi connectivity index (χ1v) is 6.38. The summed E-state index contributed by atoms with van der Waals surface area (Å²) < 4.78 is 0. The molecule has 2 rings (SSSR count). The van der Waals surface area contributed by atoms with E-state index in [2.05, 4.69) is 15.5 Å². The molecule has 0 spiro atoms. The summed E-state index contributed by atoms with van der Waals surface area (Å²) in [6.45, 7) is 2.81. The number of pyridine rings is 1. The maximum absolute atomic E-state index is 5.81. The van der Waals surface area contributed by atoms with Crippen LogP contribution >= 0.6 is 0 Å². The SMILES string of the molecule is N/C(Cc1cccnc1)=N\OCC1CCNCC1. The number of amidine groups is 1. The molecule has 18 heavy (non-hydrogen) atoms. The zero-order valence-electron chi connectivity index (χ0n) is 10.5. The molecular weight excluding hydrogens is 228 g/mol. The Morgan fingerprint density at radius 3 is 3.06 bits per heavy atom. The van der Waals surface area contributed by atoms with Gasteiger partial charge in [-0.15, -0.1) is 0 Å². The molecule has 0 aliphatic carbocycles. The lowest BCUT2D eigenvalue weighted by Gasteiger charge is -2.21. The number of nitrogens with zero attached hydrogens (tertiary/aromatic N) is 2. The molecule has 1 saturated heterocycles. The van der Waals surface area contributed by atoms with Crippen LogP contribution in [0.4, 0.5) is 0 Å². The molecule has 0 amide bonds. The Morgan fingerprint density at radius 1 is 1.50 bits per heavy atom.